The second-order valence-corrected chi connectivity index (χ2v) is 5.03. The molecule has 0 aliphatic carbocycles. The van der Waals surface area contributed by atoms with Crippen molar-refractivity contribution in [3.63, 3.8) is 0 Å². The van der Waals surface area contributed by atoms with Gasteiger partial charge in [0.2, 0.25) is 0 Å². The van der Waals surface area contributed by atoms with Crippen molar-refractivity contribution in [1.29, 1.82) is 0 Å². The average molecular weight is 304 g/mol. The fourth-order valence-electron chi connectivity index (χ4n) is 2.12. The molecular formula is C16H17FN2O3. The SMILES string of the molecule is CC(=O)c1cc(C(=O)NCC(O)c2ccccc2F)n(C)c1. The van der Waals surface area contributed by atoms with Crippen LogP contribution in [0.5, 0.6) is 0 Å². The number of ketones is 1. The molecule has 5 nitrogen and oxygen atoms in total. The number of benzene rings is 1. The molecule has 1 unspecified atom stereocenters. The smallest absolute Gasteiger partial charge is 0.268 e. The molecule has 116 valence electrons. The summed E-state index contributed by atoms with van der Waals surface area (Å²) in [6.45, 7) is 1.29. The first-order chi connectivity index (χ1) is 10.4. The van der Waals surface area contributed by atoms with E-state index >= 15 is 0 Å². The van der Waals surface area contributed by atoms with Gasteiger partial charge in [-0.3, -0.25) is 9.59 Å². The largest absolute Gasteiger partial charge is 0.386 e. The van der Waals surface area contributed by atoms with Crippen LogP contribution < -0.4 is 5.32 Å². The Labute approximate surface area is 127 Å². The summed E-state index contributed by atoms with van der Waals surface area (Å²) in [5.41, 5.74) is 0.854. The number of carbonyl (C=O) groups excluding carboxylic acids is 2. The third-order valence-corrected chi connectivity index (χ3v) is 3.36. The zero-order valence-electron chi connectivity index (χ0n) is 12.3. The van der Waals surface area contributed by atoms with Crippen LogP contribution in [0.2, 0.25) is 0 Å². The minimum absolute atomic E-state index is 0.124. The van der Waals surface area contributed by atoms with E-state index in [-0.39, 0.29) is 17.9 Å². The summed E-state index contributed by atoms with van der Waals surface area (Å²) in [5, 5.41) is 12.5. The Morgan fingerprint density at radius 1 is 1.36 bits per heavy atom. The van der Waals surface area contributed by atoms with Gasteiger partial charge in [0, 0.05) is 30.9 Å². The summed E-state index contributed by atoms with van der Waals surface area (Å²) in [6, 6.07) is 7.32. The number of hydrogen-bond donors (Lipinski definition) is 2. The number of aliphatic hydroxyl groups is 1. The molecule has 1 amide bonds. The van der Waals surface area contributed by atoms with Crippen molar-refractivity contribution in [1.82, 2.24) is 9.88 Å². The maximum atomic E-state index is 13.5. The Kier molecular flexibility index (Phi) is 4.72. The third-order valence-electron chi connectivity index (χ3n) is 3.36. The highest BCUT2D eigenvalue weighted by molar-refractivity contribution is 5.99. The molecule has 0 fully saturated rings. The van der Waals surface area contributed by atoms with E-state index in [1.807, 2.05) is 0 Å². The fourth-order valence-corrected chi connectivity index (χ4v) is 2.12. The number of nitrogens with zero attached hydrogens (tertiary/aromatic N) is 1. The molecule has 0 saturated carbocycles. The van der Waals surface area contributed by atoms with E-state index in [0.717, 1.165) is 0 Å². The van der Waals surface area contributed by atoms with E-state index in [1.165, 1.54) is 35.8 Å². The topological polar surface area (TPSA) is 71.3 Å². The predicted molar refractivity (Wildman–Crippen MR) is 79.1 cm³/mol. The van der Waals surface area contributed by atoms with Crippen LogP contribution in [-0.2, 0) is 7.05 Å². The molecule has 0 aliphatic heterocycles. The van der Waals surface area contributed by atoms with E-state index in [9.17, 15) is 19.1 Å². The molecule has 0 aliphatic rings. The van der Waals surface area contributed by atoms with Crippen LogP contribution in [-0.4, -0.2) is 27.9 Å². The minimum atomic E-state index is -1.14. The van der Waals surface area contributed by atoms with Gasteiger partial charge in [-0.1, -0.05) is 18.2 Å². The molecule has 0 saturated heterocycles. The molecular weight excluding hydrogens is 287 g/mol. The van der Waals surface area contributed by atoms with Gasteiger partial charge in [0.15, 0.2) is 5.78 Å². The number of aliphatic hydroxyl groups excluding tert-OH is 1. The van der Waals surface area contributed by atoms with Gasteiger partial charge in [-0.2, -0.15) is 0 Å². The van der Waals surface area contributed by atoms with Gasteiger partial charge in [0.05, 0.1) is 6.10 Å². The summed E-state index contributed by atoms with van der Waals surface area (Å²) in [4.78, 5) is 23.4. The van der Waals surface area contributed by atoms with E-state index in [4.69, 9.17) is 0 Å². The van der Waals surface area contributed by atoms with Crippen LogP contribution >= 0.6 is 0 Å². The molecule has 6 heteroatoms. The van der Waals surface area contributed by atoms with Crippen LogP contribution in [0.4, 0.5) is 4.39 Å². The number of carbonyl (C=O) groups is 2. The van der Waals surface area contributed by atoms with Crippen molar-refractivity contribution < 1.29 is 19.1 Å². The Bertz CT molecular complexity index is 709. The van der Waals surface area contributed by atoms with Crippen molar-refractivity contribution >= 4 is 11.7 Å². The lowest BCUT2D eigenvalue weighted by atomic mass is 10.1. The van der Waals surface area contributed by atoms with Crippen LogP contribution in [0.15, 0.2) is 36.5 Å². The van der Waals surface area contributed by atoms with Crippen LogP contribution in [0.1, 0.15) is 39.4 Å². The highest BCUT2D eigenvalue weighted by atomic mass is 19.1. The van der Waals surface area contributed by atoms with Crippen molar-refractivity contribution in [2.45, 2.75) is 13.0 Å². The lowest BCUT2D eigenvalue weighted by Gasteiger charge is -2.13. The second kappa shape index (κ2) is 6.53. The molecule has 22 heavy (non-hydrogen) atoms. The zero-order chi connectivity index (χ0) is 16.3. The summed E-state index contributed by atoms with van der Waals surface area (Å²) in [5.74, 6) is -1.10. The average Bonchev–Trinajstić information content (AvgIpc) is 2.87. The molecule has 2 N–H and O–H groups in total. The highest BCUT2D eigenvalue weighted by Gasteiger charge is 2.17. The second-order valence-electron chi connectivity index (χ2n) is 5.03. The maximum Gasteiger partial charge on any atom is 0.268 e. The lowest BCUT2D eigenvalue weighted by molar-refractivity contribution is 0.0906. The zero-order valence-corrected chi connectivity index (χ0v) is 12.3. The number of aryl methyl sites for hydroxylation is 1. The van der Waals surface area contributed by atoms with Crippen LogP contribution in [0.3, 0.4) is 0 Å². The Morgan fingerprint density at radius 2 is 2.05 bits per heavy atom. The van der Waals surface area contributed by atoms with Gasteiger partial charge < -0.3 is 15.0 Å². The molecule has 1 aromatic carbocycles. The standard InChI is InChI=1S/C16H17FN2O3/c1-10(20)11-7-14(19(2)9-11)16(22)18-8-15(21)12-5-3-4-6-13(12)17/h3-7,9,15,21H,8H2,1-2H3,(H,18,22). The maximum absolute atomic E-state index is 13.5. The van der Waals surface area contributed by atoms with E-state index in [2.05, 4.69) is 5.32 Å². The molecule has 0 radical (unpaired) electrons. The molecule has 1 atom stereocenters. The summed E-state index contributed by atoms with van der Waals surface area (Å²) >= 11 is 0. The molecule has 1 heterocycles. The minimum Gasteiger partial charge on any atom is -0.386 e. The lowest BCUT2D eigenvalue weighted by Crippen LogP contribution is -2.30. The van der Waals surface area contributed by atoms with Crippen molar-refractivity contribution in [2.24, 2.45) is 7.05 Å². The number of aromatic nitrogens is 1. The van der Waals surface area contributed by atoms with Gasteiger partial charge in [-0.15, -0.1) is 0 Å². The Hall–Kier alpha value is -2.47. The Morgan fingerprint density at radius 3 is 2.64 bits per heavy atom. The molecule has 1 aromatic heterocycles. The first-order valence-corrected chi connectivity index (χ1v) is 6.78. The fraction of sp³-hybridized carbons (Fsp3) is 0.250. The highest BCUT2D eigenvalue weighted by Crippen LogP contribution is 2.16. The Balaban J connectivity index is 2.04. The predicted octanol–water partition coefficient (Wildman–Crippen LogP) is 1.83. The quantitative estimate of drug-likeness (QED) is 0.828. The van der Waals surface area contributed by atoms with E-state index in [1.54, 1.807) is 19.3 Å². The van der Waals surface area contributed by atoms with E-state index < -0.39 is 17.8 Å². The van der Waals surface area contributed by atoms with Crippen molar-refractivity contribution in [2.75, 3.05) is 6.54 Å². The summed E-state index contributed by atoms with van der Waals surface area (Å²) in [6.07, 6.45) is 0.419. The van der Waals surface area contributed by atoms with Gasteiger partial charge in [-0.25, -0.2) is 4.39 Å². The first kappa shape index (κ1) is 15.9. The first-order valence-electron chi connectivity index (χ1n) is 6.78. The molecule has 2 aromatic rings. The number of hydrogen-bond acceptors (Lipinski definition) is 3. The summed E-state index contributed by atoms with van der Waals surface area (Å²) in [7, 11) is 1.65. The number of rotatable bonds is 5. The number of halogens is 1. The number of nitrogens with one attached hydrogen (secondary N) is 1. The van der Waals surface area contributed by atoms with Gasteiger partial charge in [0.1, 0.15) is 11.5 Å². The summed E-state index contributed by atoms with van der Waals surface area (Å²) < 4.78 is 15.1. The monoisotopic (exact) mass is 304 g/mol. The number of amides is 1. The normalized spacial score (nSPS) is 12.0. The van der Waals surface area contributed by atoms with Gasteiger partial charge in [-0.05, 0) is 19.1 Å². The van der Waals surface area contributed by atoms with Crippen LogP contribution in [0, 0.1) is 5.82 Å². The number of Topliss-reactive ketones (excluding diaryl/α,β-unsaturated/α-hetero) is 1. The molecule has 0 spiro atoms. The van der Waals surface area contributed by atoms with Gasteiger partial charge in [0.25, 0.3) is 5.91 Å². The van der Waals surface area contributed by atoms with E-state index in [0.29, 0.717) is 11.3 Å². The van der Waals surface area contributed by atoms with Crippen LogP contribution in [0.25, 0.3) is 0 Å². The van der Waals surface area contributed by atoms with Gasteiger partial charge >= 0.3 is 0 Å². The molecule has 2 rings (SSSR count). The van der Waals surface area contributed by atoms with Crippen molar-refractivity contribution in [3.05, 3.63) is 59.2 Å². The van der Waals surface area contributed by atoms with Crippen molar-refractivity contribution in [3.8, 4) is 0 Å². The molecule has 0 bridgehead atoms. The third kappa shape index (κ3) is 3.40.